The van der Waals surface area contributed by atoms with Gasteiger partial charge in [0.25, 0.3) is 0 Å². The molecule has 0 amide bonds. The number of fused-ring (bicyclic) bond motifs is 1. The highest BCUT2D eigenvalue weighted by atomic mass is 14.9. The topological polar surface area (TPSA) is 12.0 Å². The molecule has 1 heteroatoms. The molecule has 0 aromatic heterocycles. The molecule has 0 bridgehead atoms. The van der Waals surface area contributed by atoms with Gasteiger partial charge in [0.05, 0.1) is 0 Å². The summed E-state index contributed by atoms with van der Waals surface area (Å²) in [5.74, 6) is 0.595. The molecule has 0 radical (unpaired) electrons. The van der Waals surface area contributed by atoms with Crippen molar-refractivity contribution in [2.75, 3.05) is 7.05 Å². The zero-order valence-electron chi connectivity index (χ0n) is 13.2. The molecule has 0 saturated heterocycles. The monoisotopic (exact) mass is 245 g/mol. The minimum Gasteiger partial charge on any atom is -0.316 e. The quantitative estimate of drug-likeness (QED) is 0.791. The Kier molecular flexibility index (Phi) is 3.09. The van der Waals surface area contributed by atoms with E-state index in [4.69, 9.17) is 0 Å². The summed E-state index contributed by atoms with van der Waals surface area (Å²) >= 11 is 0. The zero-order valence-corrected chi connectivity index (χ0v) is 13.2. The van der Waals surface area contributed by atoms with E-state index in [1.807, 2.05) is 0 Å². The lowest BCUT2D eigenvalue weighted by Gasteiger charge is -2.31. The fraction of sp³-hybridized carbons (Fsp3) is 0.647. The number of nitrogens with one attached hydrogen (secondary N) is 1. The van der Waals surface area contributed by atoms with E-state index in [2.05, 4.69) is 60.8 Å². The predicted molar refractivity (Wildman–Crippen MR) is 79.7 cm³/mol. The highest BCUT2D eigenvalue weighted by Crippen LogP contribution is 2.49. The van der Waals surface area contributed by atoms with Gasteiger partial charge in [-0.1, -0.05) is 20.8 Å². The molecule has 2 atom stereocenters. The average molecular weight is 245 g/mol. The second kappa shape index (κ2) is 4.09. The van der Waals surface area contributed by atoms with Gasteiger partial charge in [0.2, 0.25) is 0 Å². The van der Waals surface area contributed by atoms with Gasteiger partial charge in [-0.2, -0.15) is 0 Å². The van der Waals surface area contributed by atoms with Crippen molar-refractivity contribution in [3.8, 4) is 0 Å². The van der Waals surface area contributed by atoms with E-state index in [1.165, 1.54) is 22.3 Å². The largest absolute Gasteiger partial charge is 0.316 e. The summed E-state index contributed by atoms with van der Waals surface area (Å²) < 4.78 is 0. The van der Waals surface area contributed by atoms with Gasteiger partial charge >= 0.3 is 0 Å². The summed E-state index contributed by atoms with van der Waals surface area (Å²) in [6, 6.07) is 0.533. The molecule has 1 aliphatic rings. The van der Waals surface area contributed by atoms with Gasteiger partial charge in [-0.05, 0) is 74.0 Å². The lowest BCUT2D eigenvalue weighted by Crippen LogP contribution is -2.41. The first-order valence-corrected chi connectivity index (χ1v) is 7.03. The second-order valence-electron chi connectivity index (χ2n) is 6.57. The molecule has 1 aromatic carbocycles. The first-order valence-electron chi connectivity index (χ1n) is 7.03. The second-order valence-corrected chi connectivity index (χ2v) is 6.57. The Labute approximate surface area is 112 Å². The van der Waals surface area contributed by atoms with Crippen LogP contribution in [0.1, 0.15) is 60.1 Å². The number of likely N-dealkylation sites (N-methyl/N-ethyl adjacent to an activating group) is 1. The van der Waals surface area contributed by atoms with Crippen molar-refractivity contribution in [1.29, 1.82) is 0 Å². The molecular weight excluding hydrogens is 218 g/mol. The molecule has 0 aliphatic heterocycles. The van der Waals surface area contributed by atoms with E-state index in [1.54, 1.807) is 11.1 Å². The molecule has 0 spiro atoms. The minimum atomic E-state index is 0.219. The van der Waals surface area contributed by atoms with Crippen molar-refractivity contribution >= 4 is 0 Å². The molecule has 18 heavy (non-hydrogen) atoms. The molecule has 0 saturated carbocycles. The maximum absolute atomic E-state index is 3.54. The highest BCUT2D eigenvalue weighted by molar-refractivity contribution is 5.58. The van der Waals surface area contributed by atoms with Crippen LogP contribution in [0.25, 0.3) is 0 Å². The summed E-state index contributed by atoms with van der Waals surface area (Å²) in [4.78, 5) is 0. The maximum Gasteiger partial charge on any atom is 0.0222 e. The van der Waals surface area contributed by atoms with E-state index < -0.39 is 0 Å². The summed E-state index contributed by atoms with van der Waals surface area (Å²) in [6.45, 7) is 16.3. The van der Waals surface area contributed by atoms with E-state index >= 15 is 0 Å². The van der Waals surface area contributed by atoms with Gasteiger partial charge in [0.15, 0.2) is 0 Å². The molecule has 100 valence electrons. The maximum atomic E-state index is 3.54. The molecule has 0 heterocycles. The van der Waals surface area contributed by atoms with Crippen LogP contribution in [0.3, 0.4) is 0 Å². The van der Waals surface area contributed by atoms with Gasteiger partial charge in [0, 0.05) is 11.5 Å². The lowest BCUT2D eigenvalue weighted by atomic mass is 9.78. The van der Waals surface area contributed by atoms with E-state index in [9.17, 15) is 0 Å². The Balaban J connectivity index is 2.83. The van der Waals surface area contributed by atoms with E-state index in [0.717, 1.165) is 0 Å². The molecule has 2 rings (SSSR count). The van der Waals surface area contributed by atoms with Crippen LogP contribution >= 0.6 is 0 Å². The van der Waals surface area contributed by atoms with Gasteiger partial charge < -0.3 is 5.32 Å². The zero-order chi connectivity index (χ0) is 13.8. The first kappa shape index (κ1) is 13.6. The molecule has 1 aliphatic carbocycles. The van der Waals surface area contributed by atoms with E-state index in [-0.39, 0.29) is 5.41 Å². The third-order valence-electron chi connectivity index (χ3n) is 5.42. The average Bonchev–Trinajstić information content (AvgIpc) is 2.50. The van der Waals surface area contributed by atoms with Crippen LogP contribution in [0.15, 0.2) is 0 Å². The predicted octanol–water partition coefficient (Wildman–Crippen LogP) is 3.90. The molecule has 0 fully saturated rings. The first-order chi connectivity index (χ1) is 8.25. The van der Waals surface area contributed by atoms with Gasteiger partial charge in [-0.15, -0.1) is 0 Å². The third kappa shape index (κ3) is 1.50. The highest BCUT2D eigenvalue weighted by Gasteiger charge is 2.45. The lowest BCUT2D eigenvalue weighted by molar-refractivity contribution is 0.356. The fourth-order valence-electron chi connectivity index (χ4n) is 4.30. The van der Waals surface area contributed by atoms with Crippen molar-refractivity contribution in [2.24, 2.45) is 0 Å². The van der Waals surface area contributed by atoms with Crippen LogP contribution in [0, 0.1) is 27.7 Å². The molecular formula is C17H27N. The smallest absolute Gasteiger partial charge is 0.0222 e. The minimum absolute atomic E-state index is 0.219. The Hall–Kier alpha value is -0.820. The van der Waals surface area contributed by atoms with Gasteiger partial charge in [0.1, 0.15) is 0 Å². The number of hydrogen-bond donors (Lipinski definition) is 1. The van der Waals surface area contributed by atoms with Crippen LogP contribution in [0.2, 0.25) is 0 Å². The van der Waals surface area contributed by atoms with Crippen LogP contribution in [0.5, 0.6) is 0 Å². The van der Waals surface area contributed by atoms with Crippen LogP contribution < -0.4 is 5.32 Å². The Morgan fingerprint density at radius 1 is 0.889 bits per heavy atom. The van der Waals surface area contributed by atoms with Crippen molar-refractivity contribution in [1.82, 2.24) is 5.32 Å². The molecule has 2 unspecified atom stereocenters. The standard InChI is InChI=1S/C17H27N/c1-9-10(2)12(4)15-14(11(9)3)13(5)16(18-8)17(15,6)7/h13,16,18H,1-8H3. The van der Waals surface area contributed by atoms with Crippen molar-refractivity contribution in [2.45, 2.75) is 65.8 Å². The Bertz CT molecular complexity index is 497. The van der Waals surface area contributed by atoms with E-state index in [0.29, 0.717) is 12.0 Å². The Morgan fingerprint density at radius 3 is 1.89 bits per heavy atom. The fourth-order valence-corrected chi connectivity index (χ4v) is 4.30. The molecule has 1 aromatic rings. The van der Waals surface area contributed by atoms with Crippen LogP contribution in [-0.4, -0.2) is 13.1 Å². The van der Waals surface area contributed by atoms with Crippen molar-refractivity contribution < 1.29 is 0 Å². The van der Waals surface area contributed by atoms with Crippen molar-refractivity contribution in [3.05, 3.63) is 33.4 Å². The summed E-state index contributed by atoms with van der Waals surface area (Å²) in [6.07, 6.45) is 0. The third-order valence-corrected chi connectivity index (χ3v) is 5.42. The van der Waals surface area contributed by atoms with Crippen molar-refractivity contribution in [3.63, 3.8) is 0 Å². The number of hydrogen-bond acceptors (Lipinski definition) is 1. The van der Waals surface area contributed by atoms with Gasteiger partial charge in [-0.3, -0.25) is 0 Å². The van der Waals surface area contributed by atoms with Crippen LogP contribution in [-0.2, 0) is 5.41 Å². The molecule has 1 nitrogen and oxygen atoms in total. The molecule has 1 N–H and O–H groups in total. The van der Waals surface area contributed by atoms with Gasteiger partial charge in [-0.25, -0.2) is 0 Å². The normalized spacial score (nSPS) is 25.3. The number of benzene rings is 1. The Morgan fingerprint density at radius 2 is 1.39 bits per heavy atom. The SMILES string of the molecule is CNC1C(C)c2c(C)c(C)c(C)c(C)c2C1(C)C. The summed E-state index contributed by atoms with van der Waals surface area (Å²) in [5, 5.41) is 3.54. The van der Waals surface area contributed by atoms with Crippen LogP contribution in [0.4, 0.5) is 0 Å². The summed E-state index contributed by atoms with van der Waals surface area (Å²) in [7, 11) is 2.10. The summed E-state index contributed by atoms with van der Waals surface area (Å²) in [5.41, 5.74) is 9.37. The number of rotatable bonds is 1.